The Morgan fingerprint density at radius 1 is 1.06 bits per heavy atom. The van der Waals surface area contributed by atoms with Crippen molar-refractivity contribution in [1.29, 1.82) is 0 Å². The second-order valence-electron chi connectivity index (χ2n) is 8.25. The van der Waals surface area contributed by atoms with E-state index in [4.69, 9.17) is 0 Å². The minimum Gasteiger partial charge on any atom is -0.394 e. The highest BCUT2D eigenvalue weighted by Gasteiger charge is 2.55. The van der Waals surface area contributed by atoms with Gasteiger partial charge >= 0.3 is 6.03 Å². The molecule has 0 unspecified atom stereocenters. The quantitative estimate of drug-likeness (QED) is 0.645. The number of amides is 3. The van der Waals surface area contributed by atoms with Gasteiger partial charge in [-0.25, -0.2) is 9.18 Å². The number of anilines is 2. The Morgan fingerprint density at radius 3 is 2.55 bits per heavy atom. The molecule has 1 aromatic heterocycles. The maximum absolute atomic E-state index is 13.2. The molecule has 2 aliphatic rings. The first-order valence-electron chi connectivity index (χ1n) is 10.8. The summed E-state index contributed by atoms with van der Waals surface area (Å²) in [6, 6.07) is 17.6. The summed E-state index contributed by atoms with van der Waals surface area (Å²) < 4.78 is 13.2. The Labute approximate surface area is 190 Å². The van der Waals surface area contributed by atoms with Gasteiger partial charge in [0.05, 0.1) is 25.1 Å². The van der Waals surface area contributed by atoms with E-state index in [9.17, 15) is 19.1 Å². The number of benzene rings is 2. The number of aliphatic hydroxyl groups is 1. The molecule has 0 saturated carbocycles. The number of fused-ring (bicyclic) bond motifs is 3. The van der Waals surface area contributed by atoms with E-state index in [0.29, 0.717) is 17.9 Å². The molecule has 0 aliphatic carbocycles. The molecule has 5 rings (SSSR count). The SMILES string of the molecule is O=C(Nc1ccc(F)cc1)N1C[C@H]2[C@@H](c3ccccc31)[C@H](CO)N2C(=O)Cc1ccccn1. The van der Waals surface area contributed by atoms with Crippen molar-refractivity contribution in [2.24, 2.45) is 0 Å². The van der Waals surface area contributed by atoms with E-state index < -0.39 is 0 Å². The van der Waals surface area contributed by atoms with Crippen LogP contribution in [-0.2, 0) is 11.2 Å². The number of hydrogen-bond acceptors (Lipinski definition) is 4. The molecule has 8 heteroatoms. The predicted octanol–water partition coefficient (Wildman–Crippen LogP) is 3.17. The van der Waals surface area contributed by atoms with Crippen LogP contribution in [0.1, 0.15) is 17.2 Å². The molecule has 3 aromatic rings. The maximum atomic E-state index is 13.2. The summed E-state index contributed by atoms with van der Waals surface area (Å²) in [6.07, 6.45) is 1.77. The normalized spacial score (nSPS) is 21.0. The molecule has 1 fully saturated rings. The van der Waals surface area contributed by atoms with Crippen molar-refractivity contribution in [3.63, 3.8) is 0 Å². The molecule has 2 N–H and O–H groups in total. The van der Waals surface area contributed by atoms with Crippen molar-refractivity contribution < 1.29 is 19.1 Å². The van der Waals surface area contributed by atoms with Crippen LogP contribution in [0.15, 0.2) is 72.9 Å². The van der Waals surface area contributed by atoms with Crippen LogP contribution in [0.2, 0.25) is 0 Å². The third-order valence-corrected chi connectivity index (χ3v) is 6.37. The Hall–Kier alpha value is -3.78. The summed E-state index contributed by atoms with van der Waals surface area (Å²) >= 11 is 0. The van der Waals surface area contributed by atoms with Crippen LogP contribution in [0, 0.1) is 5.82 Å². The zero-order chi connectivity index (χ0) is 22.9. The first-order chi connectivity index (χ1) is 16.1. The molecule has 1 saturated heterocycles. The van der Waals surface area contributed by atoms with Gasteiger partial charge in [-0.05, 0) is 48.0 Å². The van der Waals surface area contributed by atoms with E-state index in [-0.39, 0.29) is 48.8 Å². The number of nitrogens with one attached hydrogen (secondary N) is 1. The molecule has 168 valence electrons. The summed E-state index contributed by atoms with van der Waals surface area (Å²) in [5, 5.41) is 12.9. The molecule has 2 aliphatic heterocycles. The molecule has 7 nitrogen and oxygen atoms in total. The highest BCUT2D eigenvalue weighted by Crippen LogP contribution is 2.48. The van der Waals surface area contributed by atoms with Gasteiger partial charge in [0.1, 0.15) is 5.82 Å². The first kappa shape index (κ1) is 21.1. The molecule has 33 heavy (non-hydrogen) atoms. The van der Waals surface area contributed by atoms with Gasteiger partial charge in [0.25, 0.3) is 0 Å². The van der Waals surface area contributed by atoms with Crippen molar-refractivity contribution in [2.75, 3.05) is 23.4 Å². The lowest BCUT2D eigenvalue weighted by atomic mass is 9.71. The molecule has 2 aromatic carbocycles. The average Bonchev–Trinajstić information content (AvgIpc) is 2.81. The smallest absolute Gasteiger partial charge is 0.326 e. The van der Waals surface area contributed by atoms with E-state index in [2.05, 4.69) is 10.3 Å². The van der Waals surface area contributed by atoms with Crippen LogP contribution >= 0.6 is 0 Å². The number of halogens is 1. The van der Waals surface area contributed by atoms with Crippen LogP contribution in [0.25, 0.3) is 0 Å². The molecule has 0 bridgehead atoms. The fourth-order valence-electron chi connectivity index (χ4n) is 4.90. The van der Waals surface area contributed by atoms with Crippen LogP contribution in [0.5, 0.6) is 0 Å². The Bertz CT molecular complexity index is 1170. The van der Waals surface area contributed by atoms with E-state index >= 15 is 0 Å². The highest BCUT2D eigenvalue weighted by atomic mass is 19.1. The van der Waals surface area contributed by atoms with E-state index in [0.717, 1.165) is 11.3 Å². The minimum absolute atomic E-state index is 0.0613. The van der Waals surface area contributed by atoms with Gasteiger partial charge in [-0.1, -0.05) is 24.3 Å². The number of carbonyl (C=O) groups excluding carboxylic acids is 2. The van der Waals surface area contributed by atoms with Gasteiger partial charge < -0.3 is 15.3 Å². The van der Waals surface area contributed by atoms with Gasteiger partial charge in [0.15, 0.2) is 0 Å². The minimum atomic E-state index is -0.384. The predicted molar refractivity (Wildman–Crippen MR) is 121 cm³/mol. The van der Waals surface area contributed by atoms with Crippen molar-refractivity contribution in [3.05, 3.63) is 90.0 Å². The maximum Gasteiger partial charge on any atom is 0.326 e. The molecule has 0 spiro atoms. The lowest BCUT2D eigenvalue weighted by Crippen LogP contribution is -2.71. The second kappa shape index (κ2) is 8.63. The van der Waals surface area contributed by atoms with Gasteiger partial charge in [0, 0.05) is 35.7 Å². The second-order valence-corrected chi connectivity index (χ2v) is 8.25. The van der Waals surface area contributed by atoms with Crippen molar-refractivity contribution in [3.8, 4) is 0 Å². The summed E-state index contributed by atoms with van der Waals surface area (Å²) in [4.78, 5) is 33.8. The lowest BCUT2D eigenvalue weighted by Gasteiger charge is -2.58. The summed E-state index contributed by atoms with van der Waals surface area (Å²) in [7, 11) is 0. The topological polar surface area (TPSA) is 85.8 Å². The van der Waals surface area contributed by atoms with Crippen molar-refractivity contribution in [2.45, 2.75) is 24.4 Å². The monoisotopic (exact) mass is 446 g/mol. The van der Waals surface area contributed by atoms with Crippen molar-refractivity contribution in [1.82, 2.24) is 9.88 Å². The lowest BCUT2D eigenvalue weighted by molar-refractivity contribution is -0.149. The van der Waals surface area contributed by atoms with Gasteiger partial charge in [0.2, 0.25) is 5.91 Å². The van der Waals surface area contributed by atoms with E-state index in [1.54, 1.807) is 28.1 Å². The number of aromatic nitrogens is 1. The van der Waals surface area contributed by atoms with Gasteiger partial charge in [-0.2, -0.15) is 0 Å². The number of nitrogens with zero attached hydrogens (tertiary/aromatic N) is 3. The summed E-state index contributed by atoms with van der Waals surface area (Å²) in [6.45, 7) is 0.129. The number of pyridine rings is 1. The molecule has 3 amide bonds. The number of urea groups is 1. The number of para-hydroxylation sites is 1. The Balaban J connectivity index is 1.42. The molecule has 3 heterocycles. The number of rotatable bonds is 4. The van der Waals surface area contributed by atoms with E-state index in [1.165, 1.54) is 24.3 Å². The number of likely N-dealkylation sites (tertiary alicyclic amines) is 1. The Kier molecular flexibility index (Phi) is 5.51. The fourth-order valence-corrected chi connectivity index (χ4v) is 4.90. The largest absolute Gasteiger partial charge is 0.394 e. The standard InChI is InChI=1S/C25H23FN4O3/c26-16-8-10-17(11-9-16)28-25(33)29-14-21-24(19-6-1-2-7-20(19)29)22(15-31)30(21)23(32)13-18-5-3-4-12-27-18/h1-12,21-22,24,31H,13-15H2,(H,28,33)/t21-,22-,24+/m0/s1. The number of aliphatic hydroxyl groups excluding tert-OH is 1. The number of hydrogen-bond donors (Lipinski definition) is 2. The highest BCUT2D eigenvalue weighted by molar-refractivity contribution is 6.03. The zero-order valence-corrected chi connectivity index (χ0v) is 17.8. The molecular weight excluding hydrogens is 423 g/mol. The van der Waals surface area contributed by atoms with Crippen LogP contribution in [-0.4, -0.2) is 52.2 Å². The van der Waals surface area contributed by atoms with Crippen molar-refractivity contribution >= 4 is 23.3 Å². The summed E-state index contributed by atoms with van der Waals surface area (Å²) in [5.41, 5.74) is 2.80. The zero-order valence-electron chi connectivity index (χ0n) is 17.8. The Morgan fingerprint density at radius 2 is 1.82 bits per heavy atom. The van der Waals surface area contributed by atoms with Gasteiger partial charge in [-0.15, -0.1) is 0 Å². The van der Waals surface area contributed by atoms with Crippen LogP contribution in [0.4, 0.5) is 20.6 Å². The molecule has 0 radical (unpaired) electrons. The average molecular weight is 446 g/mol. The van der Waals surface area contributed by atoms with Crippen LogP contribution < -0.4 is 10.2 Å². The molecular formula is C25H23FN4O3. The number of carbonyl (C=O) groups is 2. The van der Waals surface area contributed by atoms with E-state index in [1.807, 2.05) is 30.3 Å². The summed E-state index contributed by atoms with van der Waals surface area (Å²) in [5.74, 6) is -0.577. The van der Waals surface area contributed by atoms with Crippen LogP contribution in [0.3, 0.4) is 0 Å². The third-order valence-electron chi connectivity index (χ3n) is 6.37. The third kappa shape index (κ3) is 3.82. The first-order valence-corrected chi connectivity index (χ1v) is 10.8. The van der Waals surface area contributed by atoms with Gasteiger partial charge in [-0.3, -0.25) is 14.7 Å². The molecule has 3 atom stereocenters. The fraction of sp³-hybridized carbons (Fsp3) is 0.240.